The summed E-state index contributed by atoms with van der Waals surface area (Å²) in [5, 5.41) is 3.26. The van der Waals surface area contributed by atoms with Crippen LogP contribution < -0.4 is 10.2 Å². The highest BCUT2D eigenvalue weighted by molar-refractivity contribution is 5.94. The van der Waals surface area contributed by atoms with Gasteiger partial charge in [-0.3, -0.25) is 4.79 Å². The maximum atomic E-state index is 12.9. The summed E-state index contributed by atoms with van der Waals surface area (Å²) in [5.41, 5.74) is 3.83. The number of para-hydroxylation sites is 1. The largest absolute Gasteiger partial charge is 0.316 e. The van der Waals surface area contributed by atoms with Crippen LogP contribution in [-0.4, -0.2) is 25.0 Å². The molecule has 0 radical (unpaired) electrons. The molecule has 1 N–H and O–H groups in total. The molecule has 1 amide bonds. The molecule has 0 heterocycles. The van der Waals surface area contributed by atoms with Crippen molar-refractivity contribution in [3.63, 3.8) is 0 Å². The van der Waals surface area contributed by atoms with Gasteiger partial charge < -0.3 is 10.2 Å². The van der Waals surface area contributed by atoms with Crippen molar-refractivity contribution >= 4 is 11.6 Å². The molecular formula is C21H26N2O. The van der Waals surface area contributed by atoms with Gasteiger partial charge in [-0.25, -0.2) is 0 Å². The summed E-state index contributed by atoms with van der Waals surface area (Å²) in [5.74, 6) is 0.214. The summed E-state index contributed by atoms with van der Waals surface area (Å²) in [4.78, 5) is 15.0. The van der Waals surface area contributed by atoms with Gasteiger partial charge in [-0.2, -0.15) is 0 Å². The molecule has 126 valence electrons. The van der Waals surface area contributed by atoms with E-state index in [2.05, 4.69) is 36.5 Å². The van der Waals surface area contributed by atoms with Crippen LogP contribution in [0.5, 0.6) is 0 Å². The lowest BCUT2D eigenvalue weighted by Crippen LogP contribution is -2.44. The van der Waals surface area contributed by atoms with Crippen LogP contribution in [0.2, 0.25) is 0 Å². The van der Waals surface area contributed by atoms with E-state index in [1.54, 1.807) is 0 Å². The summed E-state index contributed by atoms with van der Waals surface area (Å²) in [6, 6.07) is 19.0. The monoisotopic (exact) mass is 322 g/mol. The van der Waals surface area contributed by atoms with Crippen molar-refractivity contribution in [2.45, 2.75) is 38.6 Å². The van der Waals surface area contributed by atoms with E-state index in [1.807, 2.05) is 35.2 Å². The number of benzene rings is 2. The number of carbonyl (C=O) groups is 1. The molecule has 0 fully saturated rings. The minimum absolute atomic E-state index is 0.214. The van der Waals surface area contributed by atoms with Gasteiger partial charge in [-0.1, -0.05) is 49.4 Å². The van der Waals surface area contributed by atoms with Gasteiger partial charge in [0.15, 0.2) is 0 Å². The minimum Gasteiger partial charge on any atom is -0.316 e. The van der Waals surface area contributed by atoms with Crippen molar-refractivity contribution in [3.8, 4) is 0 Å². The van der Waals surface area contributed by atoms with Gasteiger partial charge in [-0.05, 0) is 49.1 Å². The lowest BCUT2D eigenvalue weighted by molar-refractivity contribution is -0.119. The first-order chi connectivity index (χ1) is 11.8. The molecule has 1 aliphatic rings. The first-order valence-electron chi connectivity index (χ1n) is 8.94. The second kappa shape index (κ2) is 8.11. The molecule has 0 aliphatic heterocycles. The number of carbonyl (C=O) groups excluding carboxylic acids is 1. The molecule has 0 saturated carbocycles. The standard InChI is InChI=1S/C21H26N2O/c1-2-22-15-14-21(24)23(19-10-4-3-5-11-19)20-13-12-17-8-6-7-9-18(17)16-20/h3-11,20,22H,2,12-16H2,1H3. The molecule has 24 heavy (non-hydrogen) atoms. The molecule has 1 aliphatic carbocycles. The fourth-order valence-electron chi connectivity index (χ4n) is 3.54. The predicted molar refractivity (Wildman–Crippen MR) is 99.3 cm³/mol. The van der Waals surface area contributed by atoms with Crippen molar-refractivity contribution in [3.05, 3.63) is 65.7 Å². The van der Waals surface area contributed by atoms with Gasteiger partial charge in [0.1, 0.15) is 0 Å². The number of hydrogen-bond acceptors (Lipinski definition) is 2. The van der Waals surface area contributed by atoms with Gasteiger partial charge in [0.05, 0.1) is 0 Å². The lowest BCUT2D eigenvalue weighted by Gasteiger charge is -2.35. The van der Waals surface area contributed by atoms with Crippen molar-refractivity contribution in [2.24, 2.45) is 0 Å². The van der Waals surface area contributed by atoms with Gasteiger partial charge in [0.2, 0.25) is 5.91 Å². The zero-order valence-electron chi connectivity index (χ0n) is 14.4. The van der Waals surface area contributed by atoms with E-state index in [0.717, 1.165) is 38.0 Å². The Hall–Kier alpha value is -2.13. The lowest BCUT2D eigenvalue weighted by atomic mass is 9.87. The van der Waals surface area contributed by atoms with Crippen LogP contribution in [0, 0.1) is 0 Å². The number of hydrogen-bond donors (Lipinski definition) is 1. The molecule has 3 rings (SSSR count). The Morgan fingerprint density at radius 3 is 2.54 bits per heavy atom. The van der Waals surface area contributed by atoms with Gasteiger partial charge >= 0.3 is 0 Å². The van der Waals surface area contributed by atoms with E-state index in [1.165, 1.54) is 11.1 Å². The fraction of sp³-hybridized carbons (Fsp3) is 0.381. The predicted octanol–water partition coefficient (Wildman–Crippen LogP) is 3.58. The number of rotatable bonds is 6. The Kier molecular flexibility index (Phi) is 5.65. The molecule has 3 nitrogen and oxygen atoms in total. The van der Waals surface area contributed by atoms with Crippen LogP contribution in [-0.2, 0) is 17.6 Å². The summed E-state index contributed by atoms with van der Waals surface area (Å²) in [6.07, 6.45) is 3.56. The van der Waals surface area contributed by atoms with E-state index in [9.17, 15) is 4.79 Å². The highest BCUT2D eigenvalue weighted by Crippen LogP contribution is 2.28. The number of anilines is 1. The van der Waals surface area contributed by atoms with Crippen LogP contribution in [0.4, 0.5) is 5.69 Å². The van der Waals surface area contributed by atoms with Crippen molar-refractivity contribution in [1.29, 1.82) is 0 Å². The highest BCUT2D eigenvalue weighted by atomic mass is 16.2. The number of fused-ring (bicyclic) bond motifs is 1. The van der Waals surface area contributed by atoms with E-state index in [4.69, 9.17) is 0 Å². The quantitative estimate of drug-likeness (QED) is 0.825. The van der Waals surface area contributed by atoms with Crippen molar-refractivity contribution < 1.29 is 4.79 Å². The highest BCUT2D eigenvalue weighted by Gasteiger charge is 2.28. The van der Waals surface area contributed by atoms with Gasteiger partial charge in [-0.15, -0.1) is 0 Å². The molecule has 0 aromatic heterocycles. The first-order valence-corrected chi connectivity index (χ1v) is 8.94. The van der Waals surface area contributed by atoms with Crippen LogP contribution >= 0.6 is 0 Å². The topological polar surface area (TPSA) is 32.3 Å². The van der Waals surface area contributed by atoms with Crippen molar-refractivity contribution in [2.75, 3.05) is 18.0 Å². The third-order valence-corrected chi connectivity index (χ3v) is 4.75. The Morgan fingerprint density at radius 2 is 1.79 bits per heavy atom. The van der Waals surface area contributed by atoms with Gasteiger partial charge in [0.25, 0.3) is 0 Å². The molecule has 2 aromatic carbocycles. The molecule has 2 aromatic rings. The summed E-state index contributed by atoms with van der Waals surface area (Å²) >= 11 is 0. The second-order valence-electron chi connectivity index (χ2n) is 6.37. The molecule has 1 atom stereocenters. The molecule has 0 spiro atoms. The number of nitrogens with zero attached hydrogens (tertiary/aromatic N) is 1. The van der Waals surface area contributed by atoms with Crippen LogP contribution in [0.25, 0.3) is 0 Å². The minimum atomic E-state index is 0.214. The third kappa shape index (κ3) is 3.85. The second-order valence-corrected chi connectivity index (χ2v) is 6.37. The zero-order chi connectivity index (χ0) is 16.8. The smallest absolute Gasteiger partial charge is 0.228 e. The van der Waals surface area contributed by atoms with E-state index < -0.39 is 0 Å². The summed E-state index contributed by atoms with van der Waals surface area (Å²) in [7, 11) is 0. The maximum Gasteiger partial charge on any atom is 0.228 e. The van der Waals surface area contributed by atoms with E-state index in [0.29, 0.717) is 6.42 Å². The number of aryl methyl sites for hydroxylation is 1. The Morgan fingerprint density at radius 1 is 1.08 bits per heavy atom. The normalized spacial score (nSPS) is 16.5. The van der Waals surface area contributed by atoms with Crippen molar-refractivity contribution in [1.82, 2.24) is 5.32 Å². The molecule has 0 bridgehead atoms. The molecule has 3 heteroatoms. The third-order valence-electron chi connectivity index (χ3n) is 4.75. The average Bonchev–Trinajstić information content (AvgIpc) is 2.63. The first kappa shape index (κ1) is 16.7. The Balaban J connectivity index is 1.81. The maximum absolute atomic E-state index is 12.9. The van der Waals surface area contributed by atoms with Crippen LogP contribution in [0.15, 0.2) is 54.6 Å². The fourth-order valence-corrected chi connectivity index (χ4v) is 3.54. The van der Waals surface area contributed by atoms with Crippen LogP contribution in [0.3, 0.4) is 0 Å². The summed E-state index contributed by atoms with van der Waals surface area (Å²) in [6.45, 7) is 3.70. The SMILES string of the molecule is CCNCCC(=O)N(c1ccccc1)C1CCc2ccccc2C1. The average molecular weight is 322 g/mol. The van der Waals surface area contributed by atoms with E-state index in [-0.39, 0.29) is 11.9 Å². The number of nitrogens with one attached hydrogen (secondary N) is 1. The molecule has 0 saturated heterocycles. The van der Waals surface area contributed by atoms with E-state index >= 15 is 0 Å². The molecular weight excluding hydrogens is 296 g/mol. The van der Waals surface area contributed by atoms with Crippen LogP contribution in [0.1, 0.15) is 30.9 Å². The van der Waals surface area contributed by atoms with Gasteiger partial charge in [0, 0.05) is 24.7 Å². The summed E-state index contributed by atoms with van der Waals surface area (Å²) < 4.78 is 0. The number of amides is 1. The molecule has 1 unspecified atom stereocenters. The zero-order valence-corrected chi connectivity index (χ0v) is 14.4. The Labute approximate surface area is 144 Å². The Bertz CT molecular complexity index is 669.